The van der Waals surface area contributed by atoms with Crippen LogP contribution in [0.1, 0.15) is 11.5 Å². The van der Waals surface area contributed by atoms with Crippen LogP contribution in [-0.2, 0) is 6.42 Å². The normalized spacial score (nSPS) is 9.68. The summed E-state index contributed by atoms with van der Waals surface area (Å²) >= 11 is 0. The second-order valence-electron chi connectivity index (χ2n) is 3.76. The molecule has 7 heteroatoms. The number of aromatic nitrogens is 4. The molecule has 0 aromatic carbocycles. The van der Waals surface area contributed by atoms with E-state index in [1.54, 1.807) is 12.4 Å². The molecule has 0 aliphatic heterocycles. The van der Waals surface area contributed by atoms with Gasteiger partial charge in [0.15, 0.2) is 0 Å². The number of nitrogens with zero attached hydrogens (tertiary/aromatic N) is 3. The van der Waals surface area contributed by atoms with Gasteiger partial charge in [-0.3, -0.25) is 4.98 Å². The molecule has 0 aliphatic rings. The highest BCUT2D eigenvalue weighted by molar-refractivity contribution is 5.86. The standard InChI is InChI=1S/C12H11N5.2ClH/c13-11-9-4-6-15-12(9)17-10(16-11)7-8-3-1-2-5-14-8;;/h1-6H,7H2,(H3,13,15,16,17);2*1H. The minimum absolute atomic E-state index is 0. The monoisotopic (exact) mass is 297 g/mol. The fourth-order valence-corrected chi connectivity index (χ4v) is 1.76. The van der Waals surface area contributed by atoms with Gasteiger partial charge in [-0.25, -0.2) is 9.97 Å². The number of nitrogens with one attached hydrogen (secondary N) is 1. The number of fused-ring (bicyclic) bond motifs is 1. The smallest absolute Gasteiger partial charge is 0.143 e. The highest BCUT2D eigenvalue weighted by atomic mass is 35.5. The van der Waals surface area contributed by atoms with Crippen molar-refractivity contribution in [1.29, 1.82) is 0 Å². The SMILES string of the molecule is Cl.Cl.Nc1nc(Cc2ccccn2)nc2[nH]ccc12. The lowest BCUT2D eigenvalue weighted by atomic mass is 10.2. The highest BCUT2D eigenvalue weighted by Gasteiger charge is 2.06. The van der Waals surface area contributed by atoms with E-state index >= 15 is 0 Å². The summed E-state index contributed by atoms with van der Waals surface area (Å²) in [7, 11) is 0. The Kier molecular flexibility index (Phi) is 5.09. The first-order valence-electron chi connectivity index (χ1n) is 5.32. The Morgan fingerprint density at radius 1 is 1.11 bits per heavy atom. The van der Waals surface area contributed by atoms with Crippen molar-refractivity contribution < 1.29 is 0 Å². The molecule has 0 spiro atoms. The third-order valence-corrected chi connectivity index (χ3v) is 2.56. The molecule has 3 N–H and O–H groups in total. The Bertz CT molecular complexity index is 654. The van der Waals surface area contributed by atoms with Gasteiger partial charge in [-0.15, -0.1) is 24.8 Å². The lowest BCUT2D eigenvalue weighted by molar-refractivity contribution is 0.954. The Hall–Kier alpha value is -1.85. The van der Waals surface area contributed by atoms with E-state index < -0.39 is 0 Å². The van der Waals surface area contributed by atoms with E-state index in [4.69, 9.17) is 5.73 Å². The first-order valence-corrected chi connectivity index (χ1v) is 5.32. The van der Waals surface area contributed by atoms with Gasteiger partial charge in [-0.05, 0) is 18.2 Å². The van der Waals surface area contributed by atoms with Crippen LogP contribution in [0.2, 0.25) is 0 Å². The molecule has 3 aromatic rings. The van der Waals surface area contributed by atoms with Gasteiger partial charge in [-0.2, -0.15) is 0 Å². The van der Waals surface area contributed by atoms with Crippen molar-refractivity contribution in [3.8, 4) is 0 Å². The van der Waals surface area contributed by atoms with Crippen LogP contribution in [-0.4, -0.2) is 19.9 Å². The molecule has 5 nitrogen and oxygen atoms in total. The third kappa shape index (κ3) is 3.13. The summed E-state index contributed by atoms with van der Waals surface area (Å²) in [4.78, 5) is 16.0. The predicted octanol–water partition coefficient (Wildman–Crippen LogP) is 2.37. The predicted molar refractivity (Wildman–Crippen MR) is 79.8 cm³/mol. The van der Waals surface area contributed by atoms with Crippen molar-refractivity contribution in [1.82, 2.24) is 19.9 Å². The number of nitrogen functional groups attached to an aromatic ring is 1. The molecule has 0 saturated carbocycles. The molecule has 0 bridgehead atoms. The number of aromatic amines is 1. The van der Waals surface area contributed by atoms with Crippen molar-refractivity contribution in [2.75, 3.05) is 5.73 Å². The van der Waals surface area contributed by atoms with E-state index in [0.717, 1.165) is 16.7 Å². The number of H-pyrrole nitrogens is 1. The molecular formula is C12H13Cl2N5. The molecule has 19 heavy (non-hydrogen) atoms. The molecule has 3 heterocycles. The van der Waals surface area contributed by atoms with Crippen molar-refractivity contribution in [3.63, 3.8) is 0 Å². The minimum Gasteiger partial charge on any atom is -0.383 e. The van der Waals surface area contributed by atoms with Gasteiger partial charge in [0, 0.05) is 18.1 Å². The zero-order valence-corrected chi connectivity index (χ0v) is 11.5. The molecule has 0 atom stereocenters. The van der Waals surface area contributed by atoms with Gasteiger partial charge in [0.2, 0.25) is 0 Å². The van der Waals surface area contributed by atoms with Crippen LogP contribution >= 0.6 is 24.8 Å². The largest absolute Gasteiger partial charge is 0.383 e. The van der Waals surface area contributed by atoms with Gasteiger partial charge in [0.05, 0.1) is 11.8 Å². The molecular weight excluding hydrogens is 285 g/mol. The van der Waals surface area contributed by atoms with E-state index in [2.05, 4.69) is 19.9 Å². The highest BCUT2D eigenvalue weighted by Crippen LogP contribution is 2.16. The first-order chi connectivity index (χ1) is 8.33. The number of halogens is 2. The molecule has 3 aromatic heterocycles. The summed E-state index contributed by atoms with van der Waals surface area (Å²) in [6, 6.07) is 7.64. The van der Waals surface area contributed by atoms with Gasteiger partial charge in [-0.1, -0.05) is 6.07 Å². The maximum atomic E-state index is 5.86. The summed E-state index contributed by atoms with van der Waals surface area (Å²) in [6.45, 7) is 0. The van der Waals surface area contributed by atoms with Crippen molar-refractivity contribution in [2.24, 2.45) is 0 Å². The van der Waals surface area contributed by atoms with Gasteiger partial charge >= 0.3 is 0 Å². The van der Waals surface area contributed by atoms with E-state index in [1.807, 2.05) is 24.3 Å². The molecule has 0 saturated heterocycles. The van der Waals surface area contributed by atoms with Crippen LogP contribution in [0.25, 0.3) is 11.0 Å². The Morgan fingerprint density at radius 2 is 1.95 bits per heavy atom. The number of pyridine rings is 1. The molecule has 3 rings (SSSR count). The summed E-state index contributed by atoms with van der Waals surface area (Å²) < 4.78 is 0. The van der Waals surface area contributed by atoms with Gasteiger partial charge in [0.25, 0.3) is 0 Å². The maximum Gasteiger partial charge on any atom is 0.143 e. The number of hydrogen-bond acceptors (Lipinski definition) is 4. The van der Waals surface area contributed by atoms with Crippen LogP contribution in [0.3, 0.4) is 0 Å². The maximum absolute atomic E-state index is 5.86. The quantitative estimate of drug-likeness (QED) is 0.761. The van der Waals surface area contributed by atoms with Gasteiger partial charge < -0.3 is 10.7 Å². The van der Waals surface area contributed by atoms with Crippen molar-refractivity contribution in [2.45, 2.75) is 6.42 Å². The van der Waals surface area contributed by atoms with E-state index in [1.165, 1.54) is 0 Å². The summed E-state index contributed by atoms with van der Waals surface area (Å²) in [5, 5.41) is 0.856. The second-order valence-corrected chi connectivity index (χ2v) is 3.76. The van der Waals surface area contributed by atoms with Gasteiger partial charge in [0.1, 0.15) is 17.3 Å². The lowest BCUT2D eigenvalue weighted by Gasteiger charge is -2.02. The fraction of sp³-hybridized carbons (Fsp3) is 0.0833. The van der Waals surface area contributed by atoms with Crippen molar-refractivity contribution >= 4 is 41.7 Å². The number of anilines is 1. The number of rotatable bonds is 2. The zero-order chi connectivity index (χ0) is 11.7. The van der Waals surface area contributed by atoms with Crippen LogP contribution in [0.5, 0.6) is 0 Å². The third-order valence-electron chi connectivity index (χ3n) is 2.56. The average Bonchev–Trinajstić information content (AvgIpc) is 2.79. The molecule has 0 radical (unpaired) electrons. The van der Waals surface area contributed by atoms with E-state index in [0.29, 0.717) is 18.1 Å². The Balaban J connectivity index is 0.000000902. The topological polar surface area (TPSA) is 80.5 Å². The zero-order valence-electron chi connectivity index (χ0n) is 9.91. The van der Waals surface area contributed by atoms with E-state index in [-0.39, 0.29) is 24.8 Å². The first kappa shape index (κ1) is 15.2. The molecule has 0 fully saturated rings. The molecule has 0 amide bonds. The molecule has 0 unspecified atom stereocenters. The summed E-state index contributed by atoms with van der Waals surface area (Å²) in [5.41, 5.74) is 7.56. The van der Waals surface area contributed by atoms with Crippen LogP contribution in [0, 0.1) is 0 Å². The number of hydrogen-bond donors (Lipinski definition) is 2. The Labute approximate surface area is 122 Å². The molecule has 100 valence electrons. The molecule has 0 aliphatic carbocycles. The lowest BCUT2D eigenvalue weighted by Crippen LogP contribution is -2.02. The Morgan fingerprint density at radius 3 is 2.68 bits per heavy atom. The van der Waals surface area contributed by atoms with Crippen LogP contribution < -0.4 is 5.73 Å². The van der Waals surface area contributed by atoms with E-state index in [9.17, 15) is 0 Å². The van der Waals surface area contributed by atoms with Crippen LogP contribution in [0.15, 0.2) is 36.7 Å². The fourth-order valence-electron chi connectivity index (χ4n) is 1.76. The summed E-state index contributed by atoms with van der Waals surface area (Å²) in [5.74, 6) is 1.18. The number of nitrogens with two attached hydrogens (primary N) is 1. The second kappa shape index (κ2) is 6.36. The minimum atomic E-state index is 0. The summed E-state index contributed by atoms with van der Waals surface area (Å²) in [6.07, 6.45) is 4.14. The van der Waals surface area contributed by atoms with Crippen LogP contribution in [0.4, 0.5) is 5.82 Å². The van der Waals surface area contributed by atoms with Crippen molar-refractivity contribution in [3.05, 3.63) is 48.2 Å². The average molecular weight is 298 g/mol.